The van der Waals surface area contributed by atoms with E-state index in [2.05, 4.69) is 32.3 Å². The maximum Gasteiger partial charge on any atom is 0.319 e. The van der Waals surface area contributed by atoms with Crippen LogP contribution >= 0.6 is 11.6 Å². The first kappa shape index (κ1) is 28.3. The molecule has 1 aliphatic carbocycles. The number of amides is 2. The SMILES string of the molecule is C[C@H]1CC[C@@H](NC(=O)Nc2cc(Cl)c(-c3ccc(OC(C(F)F)C(F)F)nc3)cc2F)c2c[nH]c(=O)cc2C1. The fraction of sp³-hybridized carbons (Fsp3) is 0.346. The van der Waals surface area contributed by atoms with Gasteiger partial charge in [0.1, 0.15) is 5.82 Å². The van der Waals surface area contributed by atoms with E-state index in [9.17, 15) is 31.5 Å². The van der Waals surface area contributed by atoms with Crippen molar-refractivity contribution in [3.63, 3.8) is 0 Å². The Labute approximate surface area is 224 Å². The highest BCUT2D eigenvalue weighted by molar-refractivity contribution is 6.33. The lowest BCUT2D eigenvalue weighted by Gasteiger charge is -2.20. The van der Waals surface area contributed by atoms with Gasteiger partial charge in [-0.05, 0) is 54.5 Å². The van der Waals surface area contributed by atoms with E-state index >= 15 is 0 Å². The molecule has 7 nitrogen and oxygen atoms in total. The molecule has 2 aromatic heterocycles. The van der Waals surface area contributed by atoms with Crippen molar-refractivity contribution in [2.24, 2.45) is 5.92 Å². The van der Waals surface area contributed by atoms with Gasteiger partial charge in [0.2, 0.25) is 17.5 Å². The van der Waals surface area contributed by atoms with Crippen LogP contribution in [0, 0.1) is 11.7 Å². The number of nitrogens with zero attached hydrogens (tertiary/aromatic N) is 1. The van der Waals surface area contributed by atoms with E-state index in [-0.39, 0.29) is 27.4 Å². The van der Waals surface area contributed by atoms with Crippen molar-refractivity contribution in [1.82, 2.24) is 15.3 Å². The average Bonchev–Trinajstić information content (AvgIpc) is 3.02. The third-order valence-electron chi connectivity index (χ3n) is 6.35. The van der Waals surface area contributed by atoms with Crippen molar-refractivity contribution in [3.05, 3.63) is 75.0 Å². The molecule has 0 unspecified atom stereocenters. The number of hydrogen-bond donors (Lipinski definition) is 3. The minimum atomic E-state index is -3.42. The van der Waals surface area contributed by atoms with Crippen LogP contribution in [0.3, 0.4) is 0 Å². The molecule has 0 spiro atoms. The average molecular weight is 571 g/mol. The van der Waals surface area contributed by atoms with Gasteiger partial charge in [0.25, 0.3) is 12.9 Å². The molecule has 0 radical (unpaired) electrons. The fourth-order valence-electron chi connectivity index (χ4n) is 4.40. The normalized spacial score (nSPS) is 17.2. The molecule has 208 valence electrons. The Morgan fingerprint density at radius 2 is 1.90 bits per heavy atom. The predicted octanol–water partition coefficient (Wildman–Crippen LogP) is 6.34. The first-order valence-corrected chi connectivity index (χ1v) is 12.4. The number of anilines is 1. The maximum absolute atomic E-state index is 14.9. The molecule has 3 aromatic rings. The van der Waals surface area contributed by atoms with Gasteiger partial charge in [0.15, 0.2) is 0 Å². The summed E-state index contributed by atoms with van der Waals surface area (Å²) in [6.07, 6.45) is -4.65. The number of urea groups is 1. The van der Waals surface area contributed by atoms with Gasteiger partial charge in [-0.1, -0.05) is 18.5 Å². The Bertz CT molecular complexity index is 1380. The number of carbonyl (C=O) groups excluding carboxylic acids is 1. The number of hydrogen-bond acceptors (Lipinski definition) is 4. The molecular formula is C26H24ClF5N4O3. The summed E-state index contributed by atoms with van der Waals surface area (Å²) in [6, 6.07) is 5.06. The number of H-pyrrole nitrogens is 1. The van der Waals surface area contributed by atoms with E-state index in [4.69, 9.17) is 11.6 Å². The number of aromatic amines is 1. The van der Waals surface area contributed by atoms with Crippen molar-refractivity contribution in [2.45, 2.75) is 51.2 Å². The summed E-state index contributed by atoms with van der Waals surface area (Å²) in [5.41, 5.74) is 1.62. The molecule has 39 heavy (non-hydrogen) atoms. The summed E-state index contributed by atoms with van der Waals surface area (Å²) in [5, 5.41) is 5.30. The van der Waals surface area contributed by atoms with Crippen LogP contribution in [0.25, 0.3) is 11.1 Å². The number of alkyl halides is 4. The Morgan fingerprint density at radius 3 is 2.56 bits per heavy atom. The standard InChI is InChI=1S/C26H24ClF5N4O3/c1-12-2-4-19(16-11-33-21(37)7-14(16)6-12)35-26(38)36-20-9-17(27)15(8-18(20)28)13-3-5-22(34-10-13)39-23(24(29)30)25(31)32/h3,5,7-12,19,23-25H,2,4,6H2,1H3,(H,33,37)(H2,35,36,38)/t12-,19+/m0/s1. The zero-order valence-corrected chi connectivity index (χ0v) is 21.2. The van der Waals surface area contributed by atoms with Gasteiger partial charge in [-0.25, -0.2) is 31.7 Å². The van der Waals surface area contributed by atoms with Crippen LogP contribution in [0.4, 0.5) is 32.4 Å². The minimum absolute atomic E-state index is 0.0337. The lowest BCUT2D eigenvalue weighted by molar-refractivity contribution is -0.0781. The van der Waals surface area contributed by atoms with Gasteiger partial charge < -0.3 is 20.4 Å². The fourth-order valence-corrected chi connectivity index (χ4v) is 4.67. The molecule has 0 aliphatic heterocycles. The Kier molecular flexibility index (Phi) is 8.73. The van der Waals surface area contributed by atoms with Crippen LogP contribution in [0.1, 0.15) is 36.9 Å². The van der Waals surface area contributed by atoms with E-state index in [0.717, 1.165) is 35.9 Å². The Morgan fingerprint density at radius 1 is 1.15 bits per heavy atom. The van der Waals surface area contributed by atoms with Gasteiger partial charge >= 0.3 is 6.03 Å². The van der Waals surface area contributed by atoms with Gasteiger partial charge in [0, 0.05) is 35.7 Å². The third kappa shape index (κ3) is 6.86. The van der Waals surface area contributed by atoms with Crippen LogP contribution in [0.2, 0.25) is 5.02 Å². The number of aromatic nitrogens is 2. The minimum Gasteiger partial charge on any atom is -0.462 e. The molecule has 13 heteroatoms. The summed E-state index contributed by atoms with van der Waals surface area (Å²) >= 11 is 6.31. The first-order valence-electron chi connectivity index (χ1n) is 12.0. The van der Waals surface area contributed by atoms with Crippen LogP contribution in [0.15, 0.2) is 47.5 Å². The van der Waals surface area contributed by atoms with E-state index in [1.807, 2.05) is 0 Å². The smallest absolute Gasteiger partial charge is 0.319 e. The van der Waals surface area contributed by atoms with E-state index in [0.29, 0.717) is 18.8 Å². The number of carbonyl (C=O) groups is 1. The molecule has 2 atom stereocenters. The number of benzene rings is 1. The largest absolute Gasteiger partial charge is 0.462 e. The zero-order chi connectivity index (χ0) is 28.3. The molecule has 0 saturated carbocycles. The second-order valence-corrected chi connectivity index (χ2v) is 9.67. The van der Waals surface area contributed by atoms with Crippen LogP contribution in [-0.4, -0.2) is 35.0 Å². The highest BCUT2D eigenvalue weighted by Crippen LogP contribution is 2.34. The molecule has 4 rings (SSSR count). The van der Waals surface area contributed by atoms with E-state index < -0.39 is 42.7 Å². The number of rotatable bonds is 7. The zero-order valence-electron chi connectivity index (χ0n) is 20.5. The topological polar surface area (TPSA) is 96.1 Å². The van der Waals surface area contributed by atoms with E-state index in [1.54, 1.807) is 6.20 Å². The predicted molar refractivity (Wildman–Crippen MR) is 135 cm³/mol. The monoisotopic (exact) mass is 570 g/mol. The second-order valence-electron chi connectivity index (χ2n) is 9.26. The quantitative estimate of drug-likeness (QED) is 0.228. The highest BCUT2D eigenvalue weighted by Gasteiger charge is 2.32. The molecule has 0 bridgehead atoms. The first-order chi connectivity index (χ1) is 18.5. The van der Waals surface area contributed by atoms with Gasteiger partial charge in [-0.2, -0.15) is 0 Å². The van der Waals surface area contributed by atoms with Crippen molar-refractivity contribution in [3.8, 4) is 17.0 Å². The second kappa shape index (κ2) is 12.0. The van der Waals surface area contributed by atoms with Gasteiger partial charge in [-0.3, -0.25) is 4.79 Å². The molecule has 1 aromatic carbocycles. The van der Waals surface area contributed by atoms with Crippen LogP contribution in [0.5, 0.6) is 5.88 Å². The van der Waals surface area contributed by atoms with Crippen molar-refractivity contribution in [2.75, 3.05) is 5.32 Å². The summed E-state index contributed by atoms with van der Waals surface area (Å²) < 4.78 is 70.3. The summed E-state index contributed by atoms with van der Waals surface area (Å²) in [7, 11) is 0. The van der Waals surface area contributed by atoms with Crippen molar-refractivity contribution >= 4 is 23.3 Å². The Hall–Kier alpha value is -3.67. The van der Waals surface area contributed by atoms with Crippen molar-refractivity contribution in [1.29, 1.82) is 0 Å². The molecule has 0 fully saturated rings. The number of pyridine rings is 2. The summed E-state index contributed by atoms with van der Waals surface area (Å²) in [6.45, 7) is 2.06. The molecular weight excluding hydrogens is 547 g/mol. The van der Waals surface area contributed by atoms with Crippen LogP contribution < -0.4 is 20.9 Å². The van der Waals surface area contributed by atoms with Crippen molar-refractivity contribution < 1.29 is 31.5 Å². The summed E-state index contributed by atoms with van der Waals surface area (Å²) in [5.74, 6) is -0.969. The molecule has 0 saturated heterocycles. The lowest BCUT2D eigenvalue weighted by Crippen LogP contribution is -2.33. The van der Waals surface area contributed by atoms with Gasteiger partial charge in [-0.15, -0.1) is 0 Å². The van der Waals surface area contributed by atoms with Gasteiger partial charge in [0.05, 0.1) is 16.8 Å². The summed E-state index contributed by atoms with van der Waals surface area (Å²) in [4.78, 5) is 30.9. The highest BCUT2D eigenvalue weighted by atomic mass is 35.5. The van der Waals surface area contributed by atoms with Crippen LogP contribution in [-0.2, 0) is 6.42 Å². The van der Waals surface area contributed by atoms with E-state index in [1.165, 1.54) is 18.2 Å². The third-order valence-corrected chi connectivity index (χ3v) is 6.66. The number of fused-ring (bicyclic) bond motifs is 1. The lowest BCUT2D eigenvalue weighted by atomic mass is 10.00. The molecule has 2 amide bonds. The number of ether oxygens (including phenoxy) is 1. The molecule has 3 N–H and O–H groups in total. The molecule has 2 heterocycles. The Balaban J connectivity index is 1.47. The molecule has 1 aliphatic rings. The number of halogens is 6. The number of nitrogens with one attached hydrogen (secondary N) is 3. The maximum atomic E-state index is 14.9.